The van der Waals surface area contributed by atoms with Crippen LogP contribution in [0.4, 0.5) is 0 Å². The second kappa shape index (κ2) is 6.73. The summed E-state index contributed by atoms with van der Waals surface area (Å²) < 4.78 is 8.09. The average molecular weight is 352 g/mol. The number of carbonyl (C=O) groups is 1. The summed E-state index contributed by atoms with van der Waals surface area (Å²) in [5, 5.41) is 9.04. The van der Waals surface area contributed by atoms with E-state index >= 15 is 0 Å². The lowest BCUT2D eigenvalue weighted by molar-refractivity contribution is -0.152. The van der Waals surface area contributed by atoms with Crippen molar-refractivity contribution < 1.29 is 14.6 Å². The first-order valence-corrected chi connectivity index (χ1v) is 7.43. The summed E-state index contributed by atoms with van der Waals surface area (Å²) in [6.45, 7) is 6.03. The van der Waals surface area contributed by atoms with E-state index in [0.29, 0.717) is 5.92 Å². The molecule has 1 heterocycles. The molecule has 1 aliphatic rings. The molecule has 0 unspecified atom stereocenters. The van der Waals surface area contributed by atoms with E-state index in [-0.39, 0.29) is 12.2 Å². The largest absolute Gasteiger partial charge is 0.481 e. The van der Waals surface area contributed by atoms with Crippen LogP contribution in [-0.2, 0) is 9.53 Å². The van der Waals surface area contributed by atoms with E-state index in [9.17, 15) is 4.79 Å². The zero-order valence-electron chi connectivity index (χ0n) is 10.6. The van der Waals surface area contributed by atoms with Gasteiger partial charge in [0.1, 0.15) is 0 Å². The van der Waals surface area contributed by atoms with Crippen LogP contribution in [0, 0.1) is 11.8 Å². The van der Waals surface area contributed by atoms with Crippen molar-refractivity contribution in [2.75, 3.05) is 0 Å². The summed E-state index contributed by atoms with van der Waals surface area (Å²) in [7, 11) is 0. The summed E-state index contributed by atoms with van der Waals surface area (Å²) in [5.74, 6) is -0.703. The van der Waals surface area contributed by atoms with E-state index in [2.05, 4.69) is 40.5 Å². The molecule has 0 saturated carbocycles. The van der Waals surface area contributed by atoms with Crippen molar-refractivity contribution in [3.05, 3.63) is 9.66 Å². The van der Waals surface area contributed by atoms with Gasteiger partial charge >= 0.3 is 5.97 Å². The van der Waals surface area contributed by atoms with Crippen molar-refractivity contribution in [2.24, 2.45) is 11.8 Å². The molecule has 3 nitrogen and oxygen atoms in total. The Labute approximate surface area is 117 Å². The monoisotopic (exact) mass is 352 g/mol. The van der Waals surface area contributed by atoms with Gasteiger partial charge in [0.15, 0.2) is 0 Å². The van der Waals surface area contributed by atoms with Crippen LogP contribution in [-0.4, -0.2) is 23.3 Å². The van der Waals surface area contributed by atoms with E-state index in [1.165, 1.54) is 5.57 Å². The van der Waals surface area contributed by atoms with Gasteiger partial charge in [-0.2, -0.15) is 0 Å². The molecule has 1 saturated heterocycles. The van der Waals surface area contributed by atoms with E-state index < -0.39 is 11.9 Å². The first-order valence-electron chi connectivity index (χ1n) is 6.18. The Balaban J connectivity index is 2.75. The van der Waals surface area contributed by atoms with Crippen molar-refractivity contribution in [1.82, 2.24) is 0 Å². The summed E-state index contributed by atoms with van der Waals surface area (Å²) in [6.07, 6.45) is 2.81. The minimum atomic E-state index is -0.764. The molecule has 0 aromatic rings. The molecule has 0 aromatic heterocycles. The molecule has 0 bridgehead atoms. The molecule has 4 atom stereocenters. The maximum absolute atomic E-state index is 11.0. The lowest BCUT2D eigenvalue weighted by atomic mass is 9.85. The number of rotatable bonds is 4. The van der Waals surface area contributed by atoms with Gasteiger partial charge in [-0.25, -0.2) is 0 Å². The number of halogens is 1. The summed E-state index contributed by atoms with van der Waals surface area (Å²) in [6, 6.07) is 0. The normalized spacial score (nSPS) is 32.2. The number of ether oxygens (including phenoxy) is 1. The van der Waals surface area contributed by atoms with Gasteiger partial charge in [-0.3, -0.25) is 4.79 Å². The van der Waals surface area contributed by atoms with Gasteiger partial charge in [0, 0.05) is 0 Å². The van der Waals surface area contributed by atoms with E-state index in [4.69, 9.17) is 9.84 Å². The van der Waals surface area contributed by atoms with Crippen molar-refractivity contribution in [2.45, 2.75) is 52.2 Å². The third-order valence-corrected chi connectivity index (χ3v) is 4.41. The highest BCUT2D eigenvalue weighted by Crippen LogP contribution is 2.33. The number of carboxylic acids is 1. The van der Waals surface area contributed by atoms with Crippen molar-refractivity contribution in [3.8, 4) is 0 Å². The van der Waals surface area contributed by atoms with Crippen LogP contribution < -0.4 is 0 Å². The molecule has 0 radical (unpaired) electrons. The third kappa shape index (κ3) is 3.68. The third-order valence-electron chi connectivity index (χ3n) is 3.61. The van der Waals surface area contributed by atoms with Crippen LogP contribution in [0.2, 0.25) is 0 Å². The van der Waals surface area contributed by atoms with Crippen molar-refractivity contribution >= 4 is 28.6 Å². The molecule has 17 heavy (non-hydrogen) atoms. The molecular formula is C13H21IO3. The van der Waals surface area contributed by atoms with Gasteiger partial charge in [0.25, 0.3) is 0 Å². The summed E-state index contributed by atoms with van der Waals surface area (Å²) in [4.78, 5) is 11.0. The lowest BCUT2D eigenvalue weighted by Crippen LogP contribution is -2.40. The van der Waals surface area contributed by atoms with Crippen LogP contribution in [0.15, 0.2) is 9.66 Å². The molecule has 1 N–H and O–H groups in total. The first kappa shape index (κ1) is 15.0. The van der Waals surface area contributed by atoms with E-state index in [1.54, 1.807) is 6.92 Å². The molecule has 4 heteroatoms. The fourth-order valence-electron chi connectivity index (χ4n) is 2.29. The zero-order chi connectivity index (χ0) is 13.0. The number of aliphatic carboxylic acids is 1. The van der Waals surface area contributed by atoms with Crippen LogP contribution in [0.1, 0.15) is 40.0 Å². The Hall–Kier alpha value is -0.100. The topological polar surface area (TPSA) is 46.5 Å². The average Bonchev–Trinajstić information content (AvgIpc) is 2.32. The van der Waals surface area contributed by atoms with Gasteiger partial charge in [0.05, 0.1) is 18.1 Å². The Kier molecular flexibility index (Phi) is 5.92. The maximum Gasteiger partial charge on any atom is 0.308 e. The van der Waals surface area contributed by atoms with Crippen LogP contribution >= 0.6 is 22.6 Å². The Bertz CT molecular complexity index is 301. The molecular weight excluding hydrogens is 331 g/mol. The van der Waals surface area contributed by atoms with Gasteiger partial charge in [-0.1, -0.05) is 36.4 Å². The Morgan fingerprint density at radius 1 is 1.59 bits per heavy atom. The minimum absolute atomic E-state index is 0.0949. The predicted molar refractivity (Wildman–Crippen MR) is 76.3 cm³/mol. The highest BCUT2D eigenvalue weighted by Gasteiger charge is 2.35. The van der Waals surface area contributed by atoms with Crippen LogP contribution in [0.5, 0.6) is 0 Å². The smallest absolute Gasteiger partial charge is 0.308 e. The van der Waals surface area contributed by atoms with E-state index in [0.717, 1.165) is 19.3 Å². The molecule has 0 spiro atoms. The molecule has 1 fully saturated rings. The standard InChI is InChI=1S/C13H21IO3/c1-4-10(7-14)12-8(2)5-6-11(17-12)9(3)13(15)16/h7-9,11-12H,4-6H2,1-3H3,(H,15,16)/b10-7+/t8-,9+,11+,12+/m0/s1. The van der Waals surface area contributed by atoms with Crippen LogP contribution in [0.3, 0.4) is 0 Å². The number of hydrogen-bond donors (Lipinski definition) is 1. The van der Waals surface area contributed by atoms with Gasteiger partial charge in [0.2, 0.25) is 0 Å². The van der Waals surface area contributed by atoms with Gasteiger partial charge < -0.3 is 9.84 Å². The Morgan fingerprint density at radius 2 is 2.24 bits per heavy atom. The van der Waals surface area contributed by atoms with Crippen molar-refractivity contribution in [1.29, 1.82) is 0 Å². The molecule has 0 aliphatic carbocycles. The predicted octanol–water partition coefficient (Wildman–Crippen LogP) is 3.62. The SMILES string of the molecule is CC/C(=C\I)[C@@H]1O[C@@H]([C@@H](C)C(=O)O)CC[C@@H]1C. The highest BCUT2D eigenvalue weighted by atomic mass is 127. The van der Waals surface area contributed by atoms with Gasteiger partial charge in [-0.05, 0) is 41.8 Å². The van der Waals surface area contributed by atoms with Crippen molar-refractivity contribution in [3.63, 3.8) is 0 Å². The number of hydrogen-bond acceptors (Lipinski definition) is 2. The molecule has 98 valence electrons. The van der Waals surface area contributed by atoms with Crippen LogP contribution in [0.25, 0.3) is 0 Å². The molecule has 1 rings (SSSR count). The maximum atomic E-state index is 11.0. The minimum Gasteiger partial charge on any atom is -0.481 e. The fraction of sp³-hybridized carbons (Fsp3) is 0.769. The quantitative estimate of drug-likeness (QED) is 0.786. The van der Waals surface area contributed by atoms with E-state index in [1.807, 2.05) is 0 Å². The summed E-state index contributed by atoms with van der Waals surface area (Å²) >= 11 is 2.24. The molecule has 1 aliphatic heterocycles. The second-order valence-corrected chi connectivity index (χ2v) is 5.44. The fourth-order valence-corrected chi connectivity index (χ4v) is 3.08. The molecule has 0 aromatic carbocycles. The first-order chi connectivity index (χ1) is 8.01. The highest BCUT2D eigenvalue weighted by molar-refractivity contribution is 14.1. The van der Waals surface area contributed by atoms with Gasteiger partial charge in [-0.15, -0.1) is 0 Å². The lowest BCUT2D eigenvalue weighted by Gasteiger charge is -2.37. The zero-order valence-corrected chi connectivity index (χ0v) is 12.8. The Morgan fingerprint density at radius 3 is 2.71 bits per heavy atom. The number of carboxylic acid groups (broad SMARTS) is 1. The second-order valence-electron chi connectivity index (χ2n) is 4.81. The molecule has 0 amide bonds. The summed E-state index contributed by atoms with van der Waals surface area (Å²) in [5.41, 5.74) is 1.28.